The van der Waals surface area contributed by atoms with Gasteiger partial charge in [0.2, 0.25) is 0 Å². The molecule has 3 heteroatoms. The first-order valence-corrected chi connectivity index (χ1v) is 5.07. The molecular formula is C7H15NOS. The maximum Gasteiger partial charge on any atom is 0.0613 e. The highest BCUT2D eigenvalue weighted by molar-refractivity contribution is 7.98. The number of thioether (sulfide) groups is 1. The first-order chi connectivity index (χ1) is 4.83. The van der Waals surface area contributed by atoms with Gasteiger partial charge in [0.15, 0.2) is 0 Å². The topological polar surface area (TPSA) is 32.3 Å². The molecule has 2 nitrogen and oxygen atoms in total. The summed E-state index contributed by atoms with van der Waals surface area (Å²) in [4.78, 5) is 0. The fourth-order valence-corrected chi connectivity index (χ4v) is 1.27. The van der Waals surface area contributed by atoms with Gasteiger partial charge in [0.05, 0.1) is 6.61 Å². The summed E-state index contributed by atoms with van der Waals surface area (Å²) in [5.74, 6) is 1.14. The number of aliphatic hydroxyl groups is 1. The molecule has 60 valence electrons. The quantitative estimate of drug-likeness (QED) is 0.575. The van der Waals surface area contributed by atoms with Gasteiger partial charge in [0.25, 0.3) is 0 Å². The van der Waals surface area contributed by atoms with E-state index in [0.717, 1.165) is 25.1 Å². The number of hydrogen-bond donors (Lipinski definition) is 2. The Morgan fingerprint density at radius 2 is 2.30 bits per heavy atom. The lowest BCUT2D eigenvalue weighted by molar-refractivity contribution is 0.233. The second kappa shape index (κ2) is 3.60. The van der Waals surface area contributed by atoms with Crippen LogP contribution in [0.25, 0.3) is 0 Å². The van der Waals surface area contributed by atoms with E-state index in [1.165, 1.54) is 0 Å². The first-order valence-electron chi connectivity index (χ1n) is 3.68. The summed E-state index contributed by atoms with van der Waals surface area (Å²) < 4.78 is 0. The molecule has 10 heavy (non-hydrogen) atoms. The summed E-state index contributed by atoms with van der Waals surface area (Å²) in [6.45, 7) is 1.34. The van der Waals surface area contributed by atoms with E-state index in [1.54, 1.807) is 0 Å². The second-order valence-electron chi connectivity index (χ2n) is 2.86. The maximum absolute atomic E-state index is 8.89. The van der Waals surface area contributed by atoms with Crippen LogP contribution in [0.4, 0.5) is 0 Å². The molecule has 0 aromatic rings. The molecule has 2 N–H and O–H groups in total. The molecule has 1 fully saturated rings. The molecule has 0 aromatic heterocycles. The Hall–Kier alpha value is 0.270. The van der Waals surface area contributed by atoms with Crippen LogP contribution in [0, 0.1) is 0 Å². The Morgan fingerprint density at radius 1 is 1.60 bits per heavy atom. The van der Waals surface area contributed by atoms with Crippen LogP contribution in [0.2, 0.25) is 0 Å². The molecule has 1 saturated carbocycles. The van der Waals surface area contributed by atoms with Crippen molar-refractivity contribution in [2.75, 3.05) is 25.2 Å². The average Bonchev–Trinajstić information content (AvgIpc) is 2.70. The fraction of sp³-hybridized carbons (Fsp3) is 1.00. The minimum Gasteiger partial charge on any atom is -0.394 e. The van der Waals surface area contributed by atoms with E-state index in [-0.39, 0.29) is 5.54 Å². The van der Waals surface area contributed by atoms with Gasteiger partial charge in [0.1, 0.15) is 0 Å². The van der Waals surface area contributed by atoms with Crippen molar-refractivity contribution >= 4 is 11.8 Å². The predicted octanol–water partition coefficient (Wildman–Crippen LogP) is 0.464. The van der Waals surface area contributed by atoms with Crippen molar-refractivity contribution in [3.63, 3.8) is 0 Å². The molecule has 0 aromatic carbocycles. The molecular weight excluding hydrogens is 146 g/mol. The lowest BCUT2D eigenvalue weighted by Crippen LogP contribution is -2.36. The molecule has 1 aliphatic rings. The fourth-order valence-electron chi connectivity index (χ4n) is 0.960. The third-order valence-corrected chi connectivity index (χ3v) is 2.57. The summed E-state index contributed by atoms with van der Waals surface area (Å²) in [5.41, 5.74) is 0.135. The number of rotatable bonds is 5. The maximum atomic E-state index is 8.89. The predicted molar refractivity (Wildman–Crippen MR) is 45.4 cm³/mol. The van der Waals surface area contributed by atoms with Gasteiger partial charge in [-0.25, -0.2) is 0 Å². The number of hydrogen-bond acceptors (Lipinski definition) is 3. The monoisotopic (exact) mass is 161 g/mol. The van der Waals surface area contributed by atoms with E-state index in [9.17, 15) is 0 Å². The molecule has 0 radical (unpaired) electrons. The Balaban J connectivity index is 2.01. The van der Waals surface area contributed by atoms with Gasteiger partial charge >= 0.3 is 0 Å². The van der Waals surface area contributed by atoms with Gasteiger partial charge in [-0.1, -0.05) is 0 Å². The highest BCUT2D eigenvalue weighted by Crippen LogP contribution is 2.34. The van der Waals surface area contributed by atoms with Crippen LogP contribution in [-0.2, 0) is 0 Å². The molecule has 0 amide bonds. The smallest absolute Gasteiger partial charge is 0.0613 e. The minimum atomic E-state index is 0.135. The molecule has 0 atom stereocenters. The van der Waals surface area contributed by atoms with Crippen LogP contribution < -0.4 is 5.32 Å². The SMILES string of the molecule is CSCCNC1(CO)CC1. The highest BCUT2D eigenvalue weighted by Gasteiger charge is 2.40. The van der Waals surface area contributed by atoms with Gasteiger partial charge < -0.3 is 10.4 Å². The van der Waals surface area contributed by atoms with Crippen LogP contribution in [-0.4, -0.2) is 35.8 Å². The Morgan fingerprint density at radius 3 is 2.70 bits per heavy atom. The number of nitrogens with one attached hydrogen (secondary N) is 1. The lowest BCUT2D eigenvalue weighted by atomic mass is 10.3. The van der Waals surface area contributed by atoms with Crippen LogP contribution in [0.1, 0.15) is 12.8 Å². The van der Waals surface area contributed by atoms with Crippen molar-refractivity contribution in [3.05, 3.63) is 0 Å². The molecule has 0 aliphatic heterocycles. The zero-order valence-corrected chi connectivity index (χ0v) is 7.21. The van der Waals surface area contributed by atoms with Gasteiger partial charge in [0, 0.05) is 17.8 Å². The summed E-state index contributed by atoms with van der Waals surface area (Å²) in [6.07, 6.45) is 4.40. The van der Waals surface area contributed by atoms with Crippen molar-refractivity contribution in [2.24, 2.45) is 0 Å². The average molecular weight is 161 g/mol. The van der Waals surface area contributed by atoms with Gasteiger partial charge in [-0.3, -0.25) is 0 Å². The van der Waals surface area contributed by atoms with Crippen LogP contribution >= 0.6 is 11.8 Å². The van der Waals surface area contributed by atoms with Gasteiger partial charge in [-0.2, -0.15) is 11.8 Å². The molecule has 0 spiro atoms. The molecule has 1 rings (SSSR count). The van der Waals surface area contributed by atoms with E-state index >= 15 is 0 Å². The summed E-state index contributed by atoms with van der Waals surface area (Å²) in [7, 11) is 0. The van der Waals surface area contributed by atoms with Gasteiger partial charge in [-0.15, -0.1) is 0 Å². The van der Waals surface area contributed by atoms with Crippen LogP contribution in [0.15, 0.2) is 0 Å². The molecule has 0 unspecified atom stereocenters. The molecule has 0 bridgehead atoms. The largest absolute Gasteiger partial charge is 0.394 e. The normalized spacial score (nSPS) is 21.0. The third kappa shape index (κ3) is 2.15. The standard InChI is InChI=1S/C7H15NOS/c1-10-5-4-8-7(6-9)2-3-7/h8-9H,2-6H2,1H3. The molecule has 0 saturated heterocycles. The van der Waals surface area contributed by atoms with Crippen molar-refractivity contribution in [3.8, 4) is 0 Å². The first kappa shape index (κ1) is 8.37. The van der Waals surface area contributed by atoms with E-state index in [1.807, 2.05) is 11.8 Å². The van der Waals surface area contributed by atoms with Crippen molar-refractivity contribution < 1.29 is 5.11 Å². The number of aliphatic hydroxyl groups excluding tert-OH is 1. The zero-order valence-electron chi connectivity index (χ0n) is 6.39. The van der Waals surface area contributed by atoms with Crippen LogP contribution in [0.3, 0.4) is 0 Å². The highest BCUT2D eigenvalue weighted by atomic mass is 32.2. The van der Waals surface area contributed by atoms with E-state index < -0.39 is 0 Å². The third-order valence-electron chi connectivity index (χ3n) is 1.96. The van der Waals surface area contributed by atoms with Crippen molar-refractivity contribution in [1.29, 1.82) is 0 Å². The summed E-state index contributed by atoms with van der Waals surface area (Å²) >= 11 is 1.84. The molecule has 1 aliphatic carbocycles. The minimum absolute atomic E-state index is 0.135. The van der Waals surface area contributed by atoms with Crippen molar-refractivity contribution in [2.45, 2.75) is 18.4 Å². The van der Waals surface area contributed by atoms with E-state index in [2.05, 4.69) is 11.6 Å². The molecule has 0 heterocycles. The van der Waals surface area contributed by atoms with E-state index in [0.29, 0.717) is 6.61 Å². The Bertz CT molecular complexity index is 104. The van der Waals surface area contributed by atoms with Crippen molar-refractivity contribution in [1.82, 2.24) is 5.32 Å². The van der Waals surface area contributed by atoms with Gasteiger partial charge in [-0.05, 0) is 19.1 Å². The zero-order chi connectivity index (χ0) is 7.45. The Kier molecular flexibility index (Phi) is 3.01. The van der Waals surface area contributed by atoms with E-state index in [4.69, 9.17) is 5.11 Å². The summed E-state index contributed by atoms with van der Waals surface area (Å²) in [5, 5.41) is 12.2. The van der Waals surface area contributed by atoms with Crippen LogP contribution in [0.5, 0.6) is 0 Å². The lowest BCUT2D eigenvalue weighted by Gasteiger charge is -2.12. The second-order valence-corrected chi connectivity index (χ2v) is 3.84. The Labute approximate surface area is 66.4 Å². The summed E-state index contributed by atoms with van der Waals surface area (Å²) in [6, 6.07) is 0.